The standard InChI is InChI=1S/C13H23N5O/c1-9(2)11(8-18(4)5)15-12-7-6-10(16-17-12)13(19)14-3/h6-7,9,11H,8H2,1-5H3,(H,14,19)(H,15,17). The molecule has 106 valence electrons. The van der Waals surface area contributed by atoms with Gasteiger partial charge >= 0.3 is 0 Å². The third kappa shape index (κ3) is 4.82. The Morgan fingerprint density at radius 2 is 2.00 bits per heavy atom. The monoisotopic (exact) mass is 265 g/mol. The van der Waals surface area contributed by atoms with E-state index in [9.17, 15) is 4.79 Å². The highest BCUT2D eigenvalue weighted by Crippen LogP contribution is 2.10. The van der Waals surface area contributed by atoms with Crippen molar-refractivity contribution in [3.8, 4) is 0 Å². The molecule has 0 bridgehead atoms. The van der Waals surface area contributed by atoms with Crippen LogP contribution in [-0.4, -0.2) is 54.7 Å². The van der Waals surface area contributed by atoms with E-state index in [1.54, 1.807) is 19.2 Å². The number of rotatable bonds is 6. The predicted molar refractivity (Wildman–Crippen MR) is 76.2 cm³/mol. The minimum absolute atomic E-state index is 0.229. The number of aromatic nitrogens is 2. The number of hydrogen-bond acceptors (Lipinski definition) is 5. The Hall–Kier alpha value is -1.69. The Bertz CT molecular complexity index is 402. The maximum absolute atomic E-state index is 11.4. The first-order valence-electron chi connectivity index (χ1n) is 6.41. The van der Waals surface area contributed by atoms with E-state index < -0.39 is 0 Å². The Balaban J connectivity index is 2.72. The van der Waals surface area contributed by atoms with E-state index in [4.69, 9.17) is 0 Å². The smallest absolute Gasteiger partial charge is 0.271 e. The normalized spacial score (nSPS) is 12.6. The van der Waals surface area contributed by atoms with Gasteiger partial charge in [0, 0.05) is 19.6 Å². The molecule has 0 radical (unpaired) electrons. The van der Waals surface area contributed by atoms with E-state index >= 15 is 0 Å². The zero-order valence-corrected chi connectivity index (χ0v) is 12.3. The van der Waals surface area contributed by atoms with Crippen LogP contribution in [0.2, 0.25) is 0 Å². The predicted octanol–water partition coefficient (Wildman–Crippen LogP) is 0.834. The van der Waals surface area contributed by atoms with Crippen molar-refractivity contribution in [3.05, 3.63) is 17.8 Å². The zero-order chi connectivity index (χ0) is 14.4. The molecule has 0 fully saturated rings. The van der Waals surface area contributed by atoms with Crippen molar-refractivity contribution in [2.24, 2.45) is 5.92 Å². The van der Waals surface area contributed by atoms with Crippen molar-refractivity contribution < 1.29 is 4.79 Å². The summed E-state index contributed by atoms with van der Waals surface area (Å²) in [4.78, 5) is 13.5. The molecule has 2 N–H and O–H groups in total. The molecule has 1 amide bonds. The van der Waals surface area contributed by atoms with Gasteiger partial charge in [-0.25, -0.2) is 0 Å². The van der Waals surface area contributed by atoms with Gasteiger partial charge in [0.05, 0.1) is 0 Å². The minimum Gasteiger partial charge on any atom is -0.364 e. The van der Waals surface area contributed by atoms with Crippen molar-refractivity contribution in [2.45, 2.75) is 19.9 Å². The highest BCUT2D eigenvalue weighted by atomic mass is 16.1. The molecule has 0 saturated heterocycles. The van der Waals surface area contributed by atoms with Crippen molar-refractivity contribution in [2.75, 3.05) is 33.0 Å². The molecule has 1 heterocycles. The summed E-state index contributed by atoms with van der Waals surface area (Å²) in [6.45, 7) is 5.23. The second kappa shape index (κ2) is 7.04. The first kappa shape index (κ1) is 15.4. The van der Waals surface area contributed by atoms with Crippen LogP contribution in [-0.2, 0) is 0 Å². The number of carbonyl (C=O) groups excluding carboxylic acids is 1. The number of anilines is 1. The number of carbonyl (C=O) groups is 1. The largest absolute Gasteiger partial charge is 0.364 e. The molecule has 1 rings (SSSR count). The van der Waals surface area contributed by atoms with Gasteiger partial charge in [0.25, 0.3) is 5.91 Å². The molecule has 1 aromatic rings. The molecule has 0 aliphatic carbocycles. The van der Waals surface area contributed by atoms with E-state index in [2.05, 4.69) is 39.6 Å². The maximum atomic E-state index is 11.4. The molecule has 0 aromatic carbocycles. The Kier molecular flexibility index (Phi) is 5.69. The molecular weight excluding hydrogens is 242 g/mol. The average Bonchev–Trinajstić information content (AvgIpc) is 2.37. The lowest BCUT2D eigenvalue weighted by molar-refractivity contribution is 0.0957. The maximum Gasteiger partial charge on any atom is 0.271 e. The fourth-order valence-corrected chi connectivity index (χ4v) is 1.66. The van der Waals surface area contributed by atoms with Crippen molar-refractivity contribution in [1.29, 1.82) is 0 Å². The molecule has 6 heteroatoms. The van der Waals surface area contributed by atoms with Crippen LogP contribution in [0, 0.1) is 5.92 Å². The number of hydrogen-bond donors (Lipinski definition) is 2. The highest BCUT2D eigenvalue weighted by Gasteiger charge is 2.15. The van der Waals surface area contributed by atoms with E-state index in [1.807, 2.05) is 14.1 Å². The van der Waals surface area contributed by atoms with Gasteiger partial charge in [0.1, 0.15) is 5.82 Å². The Morgan fingerprint density at radius 3 is 2.42 bits per heavy atom. The molecule has 0 spiro atoms. The Labute approximate surface area is 114 Å². The molecule has 19 heavy (non-hydrogen) atoms. The van der Waals surface area contributed by atoms with Gasteiger partial charge in [-0.2, -0.15) is 0 Å². The van der Waals surface area contributed by atoms with Gasteiger partial charge in [0.2, 0.25) is 0 Å². The van der Waals surface area contributed by atoms with Crippen LogP contribution in [0.25, 0.3) is 0 Å². The van der Waals surface area contributed by atoms with Crippen molar-refractivity contribution >= 4 is 11.7 Å². The van der Waals surface area contributed by atoms with Gasteiger partial charge in [-0.05, 0) is 32.1 Å². The summed E-state index contributed by atoms with van der Waals surface area (Å²) in [7, 11) is 5.65. The number of amides is 1. The molecule has 1 atom stereocenters. The Morgan fingerprint density at radius 1 is 1.32 bits per heavy atom. The average molecular weight is 265 g/mol. The lowest BCUT2D eigenvalue weighted by Gasteiger charge is -2.25. The number of likely N-dealkylation sites (N-methyl/N-ethyl adjacent to an activating group) is 1. The van der Waals surface area contributed by atoms with E-state index in [0.717, 1.165) is 6.54 Å². The molecule has 0 saturated carbocycles. The molecule has 0 aliphatic heterocycles. The highest BCUT2D eigenvalue weighted by molar-refractivity contribution is 5.91. The van der Waals surface area contributed by atoms with Gasteiger partial charge in [-0.15, -0.1) is 10.2 Å². The summed E-state index contributed by atoms with van der Waals surface area (Å²) in [6.07, 6.45) is 0. The van der Waals surface area contributed by atoms with Crippen LogP contribution in [0.1, 0.15) is 24.3 Å². The number of nitrogens with one attached hydrogen (secondary N) is 2. The third-order valence-electron chi connectivity index (χ3n) is 2.82. The summed E-state index contributed by atoms with van der Waals surface area (Å²) in [5.41, 5.74) is 0.321. The molecule has 1 aromatic heterocycles. The summed E-state index contributed by atoms with van der Waals surface area (Å²) in [5.74, 6) is 0.934. The van der Waals surface area contributed by atoms with Gasteiger partial charge in [0.15, 0.2) is 5.69 Å². The summed E-state index contributed by atoms with van der Waals surface area (Å²) in [6, 6.07) is 3.74. The topological polar surface area (TPSA) is 70.2 Å². The molecular formula is C13H23N5O. The van der Waals surface area contributed by atoms with E-state index in [1.165, 1.54) is 0 Å². The van der Waals surface area contributed by atoms with Gasteiger partial charge in [-0.3, -0.25) is 4.79 Å². The number of nitrogens with zero attached hydrogens (tertiary/aromatic N) is 3. The first-order valence-corrected chi connectivity index (χ1v) is 6.41. The van der Waals surface area contributed by atoms with Crippen LogP contribution in [0.15, 0.2) is 12.1 Å². The van der Waals surface area contributed by atoms with E-state index in [-0.39, 0.29) is 11.9 Å². The SMILES string of the molecule is CNC(=O)c1ccc(NC(CN(C)C)C(C)C)nn1. The van der Waals surface area contributed by atoms with E-state index in [0.29, 0.717) is 17.4 Å². The summed E-state index contributed by atoms with van der Waals surface area (Å²) < 4.78 is 0. The summed E-state index contributed by atoms with van der Waals surface area (Å²) >= 11 is 0. The van der Waals surface area contributed by atoms with Crippen LogP contribution >= 0.6 is 0 Å². The second-order valence-corrected chi connectivity index (χ2v) is 5.14. The minimum atomic E-state index is -0.229. The van der Waals surface area contributed by atoms with Crippen molar-refractivity contribution in [3.63, 3.8) is 0 Å². The fourth-order valence-electron chi connectivity index (χ4n) is 1.66. The summed E-state index contributed by atoms with van der Waals surface area (Å²) in [5, 5.41) is 13.8. The third-order valence-corrected chi connectivity index (χ3v) is 2.82. The quantitative estimate of drug-likeness (QED) is 0.797. The lowest BCUT2D eigenvalue weighted by Crippen LogP contribution is -2.36. The second-order valence-electron chi connectivity index (χ2n) is 5.14. The van der Waals surface area contributed by atoms with Crippen LogP contribution in [0.3, 0.4) is 0 Å². The zero-order valence-electron chi connectivity index (χ0n) is 12.3. The van der Waals surface area contributed by atoms with Crippen LogP contribution in [0.4, 0.5) is 5.82 Å². The van der Waals surface area contributed by atoms with Crippen molar-refractivity contribution in [1.82, 2.24) is 20.4 Å². The lowest BCUT2D eigenvalue weighted by atomic mass is 10.0. The molecule has 0 aliphatic rings. The molecule has 1 unspecified atom stereocenters. The van der Waals surface area contributed by atoms with Gasteiger partial charge < -0.3 is 15.5 Å². The first-order chi connectivity index (χ1) is 8.93. The van der Waals surface area contributed by atoms with Crippen LogP contribution in [0.5, 0.6) is 0 Å². The molecule has 6 nitrogen and oxygen atoms in total. The van der Waals surface area contributed by atoms with Gasteiger partial charge in [-0.1, -0.05) is 13.8 Å². The fraction of sp³-hybridized carbons (Fsp3) is 0.615. The van der Waals surface area contributed by atoms with Crippen LogP contribution < -0.4 is 10.6 Å².